The largest absolute Gasteiger partial charge is 0.336 e. The fraction of sp³-hybridized carbons (Fsp3) is 0.571. The van der Waals surface area contributed by atoms with Crippen LogP contribution in [-0.4, -0.2) is 54.4 Å². The summed E-state index contributed by atoms with van der Waals surface area (Å²) in [4.78, 5) is 20.4. The Morgan fingerprint density at radius 3 is 2.45 bits per heavy atom. The number of rotatable bonds is 6. The Kier molecular flexibility index (Phi) is 6.72. The first-order chi connectivity index (χ1) is 9.31. The van der Waals surface area contributed by atoms with Crippen LogP contribution in [0, 0.1) is 5.92 Å². The summed E-state index contributed by atoms with van der Waals surface area (Å²) in [5.74, 6) is 0.201. The molecule has 20 heavy (non-hydrogen) atoms. The average Bonchev–Trinajstić information content (AvgIpc) is 2.36. The van der Waals surface area contributed by atoms with E-state index in [0.29, 0.717) is 24.0 Å². The van der Waals surface area contributed by atoms with Gasteiger partial charge >= 0.3 is 0 Å². The molecular weight excluding hydrogens is 297 g/mol. The average molecular weight is 318 g/mol. The molecule has 0 aliphatic carbocycles. The Bertz CT molecular complexity index is 464. The van der Waals surface area contributed by atoms with E-state index in [0.717, 1.165) is 6.54 Å². The van der Waals surface area contributed by atoms with Crippen LogP contribution < -0.4 is 0 Å². The van der Waals surface area contributed by atoms with Crippen molar-refractivity contribution in [1.82, 2.24) is 14.8 Å². The monoisotopic (exact) mass is 317 g/mol. The predicted molar refractivity (Wildman–Crippen MR) is 83.6 cm³/mol. The van der Waals surface area contributed by atoms with Gasteiger partial charge in [0.05, 0.1) is 5.02 Å². The van der Waals surface area contributed by atoms with E-state index in [1.807, 2.05) is 19.0 Å². The quantitative estimate of drug-likeness (QED) is 0.757. The highest BCUT2D eigenvalue weighted by Crippen LogP contribution is 2.19. The Morgan fingerprint density at radius 2 is 1.90 bits per heavy atom. The highest BCUT2D eigenvalue weighted by Gasteiger charge is 2.21. The van der Waals surface area contributed by atoms with E-state index in [9.17, 15) is 4.79 Å². The van der Waals surface area contributed by atoms with Crippen molar-refractivity contribution >= 4 is 29.1 Å². The van der Waals surface area contributed by atoms with E-state index in [-0.39, 0.29) is 16.8 Å². The summed E-state index contributed by atoms with van der Waals surface area (Å²) >= 11 is 11.9. The van der Waals surface area contributed by atoms with Crippen LogP contribution in [-0.2, 0) is 0 Å². The molecule has 0 spiro atoms. The van der Waals surface area contributed by atoms with Crippen LogP contribution in [0.3, 0.4) is 0 Å². The third-order valence-corrected chi connectivity index (χ3v) is 3.22. The van der Waals surface area contributed by atoms with Gasteiger partial charge in [-0.05, 0) is 32.1 Å². The molecule has 0 aromatic carbocycles. The molecule has 1 heterocycles. The van der Waals surface area contributed by atoms with Crippen LogP contribution in [0.15, 0.2) is 12.1 Å². The molecule has 0 saturated carbocycles. The summed E-state index contributed by atoms with van der Waals surface area (Å²) in [6, 6.07) is 3.18. The normalized spacial score (nSPS) is 11.2. The van der Waals surface area contributed by atoms with Crippen molar-refractivity contribution in [2.24, 2.45) is 5.92 Å². The van der Waals surface area contributed by atoms with Crippen LogP contribution in [0.1, 0.15) is 24.3 Å². The zero-order valence-electron chi connectivity index (χ0n) is 12.4. The lowest BCUT2D eigenvalue weighted by atomic mass is 10.2. The second-order valence-electron chi connectivity index (χ2n) is 5.41. The third kappa shape index (κ3) is 5.27. The molecule has 0 N–H and O–H groups in total. The van der Waals surface area contributed by atoms with Crippen LogP contribution in [0.25, 0.3) is 0 Å². The maximum Gasteiger partial charge on any atom is 0.274 e. The van der Waals surface area contributed by atoms with Crippen LogP contribution >= 0.6 is 23.2 Å². The third-order valence-electron chi connectivity index (χ3n) is 2.70. The molecule has 4 nitrogen and oxygen atoms in total. The topological polar surface area (TPSA) is 36.4 Å². The molecule has 0 saturated heterocycles. The SMILES string of the molecule is CC(C)CN(CCN(C)C)C(=O)c1nc(Cl)ccc1Cl. The fourth-order valence-corrected chi connectivity index (χ4v) is 2.09. The van der Waals surface area contributed by atoms with E-state index < -0.39 is 0 Å². The molecule has 0 unspecified atom stereocenters. The maximum absolute atomic E-state index is 12.6. The van der Waals surface area contributed by atoms with Gasteiger partial charge in [0.1, 0.15) is 10.8 Å². The van der Waals surface area contributed by atoms with Gasteiger partial charge in [-0.25, -0.2) is 4.98 Å². The minimum absolute atomic E-state index is 0.173. The maximum atomic E-state index is 12.6. The lowest BCUT2D eigenvalue weighted by Gasteiger charge is -2.26. The molecule has 0 bridgehead atoms. The molecule has 0 aliphatic rings. The van der Waals surface area contributed by atoms with Gasteiger partial charge in [0.25, 0.3) is 5.91 Å². The van der Waals surface area contributed by atoms with E-state index in [4.69, 9.17) is 23.2 Å². The first-order valence-electron chi connectivity index (χ1n) is 6.57. The minimum atomic E-state index is -0.173. The number of halogens is 2. The molecule has 1 aromatic rings. The molecule has 112 valence electrons. The highest BCUT2D eigenvalue weighted by molar-refractivity contribution is 6.34. The van der Waals surface area contributed by atoms with E-state index >= 15 is 0 Å². The summed E-state index contributed by atoms with van der Waals surface area (Å²) in [5.41, 5.74) is 0.221. The van der Waals surface area contributed by atoms with Crippen LogP contribution in [0.5, 0.6) is 0 Å². The van der Waals surface area contributed by atoms with E-state index in [2.05, 4.69) is 18.8 Å². The second kappa shape index (κ2) is 7.81. The van der Waals surface area contributed by atoms with Gasteiger partial charge < -0.3 is 9.80 Å². The van der Waals surface area contributed by atoms with Crippen molar-refractivity contribution in [3.8, 4) is 0 Å². The second-order valence-corrected chi connectivity index (χ2v) is 6.21. The number of carbonyl (C=O) groups excluding carboxylic acids is 1. The molecule has 0 fully saturated rings. The predicted octanol–water partition coefficient (Wildman–Crippen LogP) is 3.05. The fourth-order valence-electron chi connectivity index (χ4n) is 1.76. The van der Waals surface area contributed by atoms with Gasteiger partial charge in [0.15, 0.2) is 0 Å². The standard InChI is InChI=1S/C14H21Cl2N3O/c1-10(2)9-19(8-7-18(3)4)14(20)13-11(15)5-6-12(16)17-13/h5-6,10H,7-9H2,1-4H3. The van der Waals surface area contributed by atoms with Crippen molar-refractivity contribution in [3.05, 3.63) is 28.0 Å². The molecule has 0 radical (unpaired) electrons. The number of carbonyl (C=O) groups is 1. The number of likely N-dealkylation sites (N-methyl/N-ethyl adjacent to an activating group) is 1. The molecular formula is C14H21Cl2N3O. The molecule has 1 rings (SSSR count). The van der Waals surface area contributed by atoms with Crippen molar-refractivity contribution in [3.63, 3.8) is 0 Å². The molecule has 6 heteroatoms. The number of nitrogens with zero attached hydrogens (tertiary/aromatic N) is 3. The number of aromatic nitrogens is 1. The van der Waals surface area contributed by atoms with Gasteiger partial charge in [-0.2, -0.15) is 0 Å². The Morgan fingerprint density at radius 1 is 1.25 bits per heavy atom. The molecule has 1 amide bonds. The summed E-state index contributed by atoms with van der Waals surface area (Å²) in [7, 11) is 3.95. The molecule has 0 atom stereocenters. The van der Waals surface area contributed by atoms with E-state index in [1.54, 1.807) is 17.0 Å². The van der Waals surface area contributed by atoms with Crippen LogP contribution in [0.4, 0.5) is 0 Å². The van der Waals surface area contributed by atoms with Gasteiger partial charge in [0.2, 0.25) is 0 Å². The lowest BCUT2D eigenvalue weighted by molar-refractivity contribution is 0.0719. The van der Waals surface area contributed by atoms with Gasteiger partial charge in [0, 0.05) is 19.6 Å². The summed E-state index contributed by atoms with van der Waals surface area (Å²) in [6.45, 7) is 6.23. The summed E-state index contributed by atoms with van der Waals surface area (Å²) < 4.78 is 0. The molecule has 1 aromatic heterocycles. The van der Waals surface area contributed by atoms with Crippen molar-refractivity contribution in [2.45, 2.75) is 13.8 Å². The zero-order chi connectivity index (χ0) is 15.3. The number of hydrogen-bond acceptors (Lipinski definition) is 3. The van der Waals surface area contributed by atoms with Gasteiger partial charge in [-0.15, -0.1) is 0 Å². The van der Waals surface area contributed by atoms with Gasteiger partial charge in [-0.3, -0.25) is 4.79 Å². The number of amides is 1. The van der Waals surface area contributed by atoms with Crippen molar-refractivity contribution in [2.75, 3.05) is 33.7 Å². The van der Waals surface area contributed by atoms with E-state index in [1.165, 1.54) is 0 Å². The Hall–Kier alpha value is -0.840. The zero-order valence-corrected chi connectivity index (χ0v) is 13.9. The summed E-state index contributed by atoms with van der Waals surface area (Å²) in [5, 5.41) is 0.605. The van der Waals surface area contributed by atoms with Crippen molar-refractivity contribution in [1.29, 1.82) is 0 Å². The Balaban J connectivity index is 2.93. The summed E-state index contributed by atoms with van der Waals surface area (Å²) in [6.07, 6.45) is 0. The minimum Gasteiger partial charge on any atom is -0.336 e. The lowest BCUT2D eigenvalue weighted by Crippen LogP contribution is -2.39. The number of hydrogen-bond donors (Lipinski definition) is 0. The first-order valence-corrected chi connectivity index (χ1v) is 7.33. The van der Waals surface area contributed by atoms with Crippen LogP contribution in [0.2, 0.25) is 10.2 Å². The highest BCUT2D eigenvalue weighted by atomic mass is 35.5. The van der Waals surface area contributed by atoms with Gasteiger partial charge in [-0.1, -0.05) is 37.0 Å². The molecule has 0 aliphatic heterocycles. The number of pyridine rings is 1. The Labute approximate surface area is 130 Å². The smallest absolute Gasteiger partial charge is 0.274 e. The van der Waals surface area contributed by atoms with Crippen molar-refractivity contribution < 1.29 is 4.79 Å². The first kappa shape index (κ1) is 17.2.